The number of nitro groups is 1. The van der Waals surface area contributed by atoms with Gasteiger partial charge in [-0.05, 0) is 6.07 Å². The van der Waals surface area contributed by atoms with Crippen molar-refractivity contribution in [3.05, 3.63) is 39.4 Å². The van der Waals surface area contributed by atoms with Gasteiger partial charge in [-0.25, -0.2) is 0 Å². The number of rotatable bonds is 2. The number of nitro benzene ring substituents is 1. The van der Waals surface area contributed by atoms with Crippen LogP contribution in [0.3, 0.4) is 0 Å². The zero-order valence-corrected chi connectivity index (χ0v) is 8.10. The number of amidine groups is 1. The average Bonchev–Trinajstić information content (AvgIpc) is 2.26. The van der Waals surface area contributed by atoms with E-state index in [1.54, 1.807) is 0 Å². The van der Waals surface area contributed by atoms with Crippen molar-refractivity contribution in [1.29, 1.82) is 0 Å². The van der Waals surface area contributed by atoms with Crippen LogP contribution in [-0.2, 0) is 6.18 Å². The SMILES string of the molecule is NC(=NO)c1ccc([N+](=O)[O-])cc1C(F)(F)F. The second-order valence-electron chi connectivity index (χ2n) is 2.97. The molecular weight excluding hydrogens is 243 g/mol. The number of non-ortho nitro benzene ring substituents is 1. The quantitative estimate of drug-likeness (QED) is 0.274. The molecule has 92 valence electrons. The second kappa shape index (κ2) is 4.28. The Balaban J connectivity index is 3.48. The molecule has 0 aliphatic heterocycles. The molecule has 0 aliphatic rings. The van der Waals surface area contributed by atoms with Gasteiger partial charge in [-0.2, -0.15) is 13.2 Å². The van der Waals surface area contributed by atoms with Gasteiger partial charge in [0, 0.05) is 17.7 Å². The van der Waals surface area contributed by atoms with Crippen LogP contribution in [0.25, 0.3) is 0 Å². The fraction of sp³-hybridized carbons (Fsp3) is 0.125. The summed E-state index contributed by atoms with van der Waals surface area (Å²) in [7, 11) is 0. The zero-order chi connectivity index (χ0) is 13.2. The highest BCUT2D eigenvalue weighted by Crippen LogP contribution is 2.34. The largest absolute Gasteiger partial charge is 0.417 e. The minimum atomic E-state index is -4.84. The van der Waals surface area contributed by atoms with Crippen LogP contribution < -0.4 is 5.73 Å². The monoisotopic (exact) mass is 249 g/mol. The summed E-state index contributed by atoms with van der Waals surface area (Å²) in [6.45, 7) is 0. The molecule has 0 unspecified atom stereocenters. The molecule has 17 heavy (non-hydrogen) atoms. The Morgan fingerprint density at radius 2 is 2.06 bits per heavy atom. The van der Waals surface area contributed by atoms with Crippen molar-refractivity contribution >= 4 is 11.5 Å². The van der Waals surface area contributed by atoms with Crippen molar-refractivity contribution in [3.8, 4) is 0 Å². The predicted octanol–water partition coefficient (Wildman–Crippen LogP) is 1.71. The normalized spacial score (nSPS) is 12.5. The maximum Gasteiger partial charge on any atom is 0.417 e. The number of nitrogens with zero attached hydrogens (tertiary/aromatic N) is 2. The number of benzene rings is 1. The Labute approximate surface area is 92.3 Å². The van der Waals surface area contributed by atoms with Crippen molar-refractivity contribution in [1.82, 2.24) is 0 Å². The first-order chi connectivity index (χ1) is 7.77. The zero-order valence-electron chi connectivity index (χ0n) is 8.10. The Bertz CT molecular complexity index is 485. The summed E-state index contributed by atoms with van der Waals surface area (Å²) in [5.41, 5.74) is 2.37. The maximum absolute atomic E-state index is 12.6. The van der Waals surface area contributed by atoms with E-state index in [4.69, 9.17) is 10.9 Å². The van der Waals surface area contributed by atoms with Gasteiger partial charge < -0.3 is 10.9 Å². The van der Waals surface area contributed by atoms with Crippen LogP contribution in [0.1, 0.15) is 11.1 Å². The number of hydrogen-bond donors (Lipinski definition) is 2. The van der Waals surface area contributed by atoms with Gasteiger partial charge >= 0.3 is 6.18 Å². The summed E-state index contributed by atoms with van der Waals surface area (Å²) in [5, 5.41) is 21.1. The highest BCUT2D eigenvalue weighted by molar-refractivity contribution is 5.98. The van der Waals surface area contributed by atoms with Gasteiger partial charge in [-0.1, -0.05) is 5.16 Å². The van der Waals surface area contributed by atoms with E-state index in [0.717, 1.165) is 12.1 Å². The van der Waals surface area contributed by atoms with Crippen molar-refractivity contribution in [2.24, 2.45) is 10.9 Å². The van der Waals surface area contributed by atoms with Gasteiger partial charge in [0.05, 0.1) is 10.5 Å². The third kappa shape index (κ3) is 2.62. The van der Waals surface area contributed by atoms with E-state index in [9.17, 15) is 23.3 Å². The molecule has 1 aromatic rings. The van der Waals surface area contributed by atoms with Gasteiger partial charge in [0.1, 0.15) is 0 Å². The lowest BCUT2D eigenvalue weighted by Crippen LogP contribution is -2.20. The number of halogens is 3. The summed E-state index contributed by atoms with van der Waals surface area (Å²) in [6, 6.07) is 1.94. The molecule has 0 radical (unpaired) electrons. The summed E-state index contributed by atoms with van der Waals surface area (Å²) in [5.74, 6) is -0.771. The third-order valence-corrected chi connectivity index (χ3v) is 1.90. The highest BCUT2D eigenvalue weighted by Gasteiger charge is 2.36. The molecule has 0 saturated carbocycles. The number of nitrogens with two attached hydrogens (primary N) is 1. The lowest BCUT2D eigenvalue weighted by molar-refractivity contribution is -0.385. The van der Waals surface area contributed by atoms with Crippen LogP contribution in [0.5, 0.6) is 0 Å². The first-order valence-corrected chi connectivity index (χ1v) is 4.11. The van der Waals surface area contributed by atoms with Crippen molar-refractivity contribution in [2.45, 2.75) is 6.18 Å². The molecule has 0 aliphatic carbocycles. The Morgan fingerprint density at radius 3 is 2.47 bits per heavy atom. The molecule has 3 N–H and O–H groups in total. The molecule has 1 aromatic carbocycles. The highest BCUT2D eigenvalue weighted by atomic mass is 19.4. The minimum absolute atomic E-state index is 0.327. The van der Waals surface area contributed by atoms with Crippen molar-refractivity contribution < 1.29 is 23.3 Å². The standard InChI is InChI=1S/C8H6F3N3O3/c9-8(10,11)6-3-4(14(16)17)1-2-5(6)7(12)13-15/h1-3,15H,(H2,12,13). The molecule has 0 atom stereocenters. The van der Waals surface area contributed by atoms with Crippen molar-refractivity contribution in [3.63, 3.8) is 0 Å². The van der Waals surface area contributed by atoms with Gasteiger partial charge in [0.2, 0.25) is 0 Å². The number of alkyl halides is 3. The lowest BCUT2D eigenvalue weighted by atomic mass is 10.1. The van der Waals surface area contributed by atoms with E-state index in [1.165, 1.54) is 0 Å². The first kappa shape index (κ1) is 12.7. The molecule has 1 rings (SSSR count). The van der Waals surface area contributed by atoms with Crippen LogP contribution in [0, 0.1) is 10.1 Å². The van der Waals surface area contributed by atoms with Crippen LogP contribution in [0.15, 0.2) is 23.4 Å². The molecule has 9 heteroatoms. The third-order valence-electron chi connectivity index (χ3n) is 1.90. The van der Waals surface area contributed by atoms with Gasteiger partial charge in [-0.15, -0.1) is 0 Å². The van der Waals surface area contributed by atoms with Gasteiger partial charge in [-0.3, -0.25) is 10.1 Å². The molecule has 0 heterocycles. The van der Waals surface area contributed by atoms with E-state index in [1.807, 2.05) is 0 Å². The summed E-state index contributed by atoms with van der Waals surface area (Å²) < 4.78 is 37.7. The fourth-order valence-electron chi connectivity index (χ4n) is 1.16. The number of oxime groups is 1. The fourth-order valence-corrected chi connectivity index (χ4v) is 1.16. The molecule has 0 spiro atoms. The summed E-state index contributed by atoms with van der Waals surface area (Å²) in [4.78, 5) is 9.39. The van der Waals surface area contributed by atoms with Crippen LogP contribution >= 0.6 is 0 Å². The van der Waals surface area contributed by atoms with E-state index in [-0.39, 0.29) is 0 Å². The van der Waals surface area contributed by atoms with Crippen LogP contribution in [-0.4, -0.2) is 16.0 Å². The molecule has 0 bridgehead atoms. The summed E-state index contributed by atoms with van der Waals surface area (Å²) in [6.07, 6.45) is -4.84. The molecular formula is C8H6F3N3O3. The molecule has 0 aromatic heterocycles. The van der Waals surface area contributed by atoms with E-state index >= 15 is 0 Å². The molecule has 0 amide bonds. The predicted molar refractivity (Wildman–Crippen MR) is 50.6 cm³/mol. The minimum Gasteiger partial charge on any atom is -0.409 e. The van der Waals surface area contributed by atoms with E-state index < -0.39 is 33.7 Å². The van der Waals surface area contributed by atoms with Crippen molar-refractivity contribution in [2.75, 3.05) is 0 Å². The number of hydrogen-bond acceptors (Lipinski definition) is 4. The van der Waals surface area contributed by atoms with Gasteiger partial charge in [0.15, 0.2) is 5.84 Å². The van der Waals surface area contributed by atoms with E-state index in [0.29, 0.717) is 6.07 Å². The van der Waals surface area contributed by atoms with Crippen LogP contribution in [0.4, 0.5) is 18.9 Å². The molecule has 6 nitrogen and oxygen atoms in total. The van der Waals surface area contributed by atoms with E-state index in [2.05, 4.69) is 5.16 Å². The Morgan fingerprint density at radius 1 is 1.47 bits per heavy atom. The average molecular weight is 249 g/mol. The second-order valence-corrected chi connectivity index (χ2v) is 2.97. The first-order valence-electron chi connectivity index (χ1n) is 4.11. The van der Waals surface area contributed by atoms with Gasteiger partial charge in [0.25, 0.3) is 5.69 Å². The lowest BCUT2D eigenvalue weighted by Gasteiger charge is -2.11. The molecule has 0 fully saturated rings. The Hall–Kier alpha value is -2.32. The molecule has 0 saturated heterocycles. The Kier molecular flexibility index (Phi) is 3.21. The maximum atomic E-state index is 12.6. The summed E-state index contributed by atoms with van der Waals surface area (Å²) >= 11 is 0. The smallest absolute Gasteiger partial charge is 0.409 e. The van der Waals surface area contributed by atoms with Crippen LogP contribution in [0.2, 0.25) is 0 Å². The topological polar surface area (TPSA) is 102 Å².